The summed E-state index contributed by atoms with van der Waals surface area (Å²) in [6.07, 6.45) is 0.615. The van der Waals surface area contributed by atoms with E-state index in [1.54, 1.807) is 18.7 Å². The summed E-state index contributed by atoms with van der Waals surface area (Å²) in [6.45, 7) is 6.11. The lowest BCUT2D eigenvalue weighted by atomic mass is 9.71. The summed E-state index contributed by atoms with van der Waals surface area (Å²) in [4.78, 5) is 27.2. The topological polar surface area (TPSA) is 124 Å². The van der Waals surface area contributed by atoms with Gasteiger partial charge in [-0.05, 0) is 69.1 Å². The third-order valence-corrected chi connectivity index (χ3v) is 12.3. The molecule has 3 N–H and O–H groups in total. The first-order valence-corrected chi connectivity index (χ1v) is 16.1. The standard InChI is InChI=1S/C30H34ClF3N2O6S/c1-15-6-17-8-20(11-21(15)30(17,40)12-26(37)36-13-18(14-36)29(2,3)39)43(41,42)25-7-16(4-5-22(25)31)28(38)35-19-9-23(32)27(34)24(33)10-19/h4-5,7,9-10,15,17-18,20-21,39-40H,6,8,11-14H2,1-3H3,(H,35,38)/t15-,17?,20+,21+,30+/m0/s1. The Labute approximate surface area is 253 Å². The maximum atomic E-state index is 13.9. The molecule has 2 amide bonds. The average Bonchev–Trinajstić information content (AvgIpc) is 2.98. The van der Waals surface area contributed by atoms with Gasteiger partial charge in [0.25, 0.3) is 5.91 Å². The fourth-order valence-corrected chi connectivity index (χ4v) is 9.31. The van der Waals surface area contributed by atoms with E-state index in [2.05, 4.69) is 5.32 Å². The number of carbonyl (C=O) groups excluding carboxylic acids is 2. The minimum atomic E-state index is -4.12. The van der Waals surface area contributed by atoms with Crippen LogP contribution in [0.25, 0.3) is 0 Å². The van der Waals surface area contributed by atoms with Gasteiger partial charge in [-0.3, -0.25) is 9.59 Å². The number of nitrogens with one attached hydrogen (secondary N) is 1. The van der Waals surface area contributed by atoms with Gasteiger partial charge in [-0.1, -0.05) is 18.5 Å². The van der Waals surface area contributed by atoms with E-state index in [1.165, 1.54) is 12.1 Å². The number of hydrogen-bond donors (Lipinski definition) is 3. The van der Waals surface area contributed by atoms with Crippen molar-refractivity contribution in [2.24, 2.45) is 23.7 Å². The number of fused-ring (bicyclic) bond motifs is 2. The highest BCUT2D eigenvalue weighted by atomic mass is 35.5. The normalized spacial score (nSPS) is 27.6. The van der Waals surface area contributed by atoms with Gasteiger partial charge in [0.2, 0.25) is 5.91 Å². The second kappa shape index (κ2) is 11.0. The maximum absolute atomic E-state index is 13.9. The van der Waals surface area contributed by atoms with Gasteiger partial charge in [-0.2, -0.15) is 0 Å². The van der Waals surface area contributed by atoms with Gasteiger partial charge >= 0.3 is 0 Å². The lowest BCUT2D eigenvalue weighted by Gasteiger charge is -2.48. The number of benzene rings is 2. The molecule has 5 rings (SSSR count). The Hall–Kier alpha value is -2.67. The van der Waals surface area contributed by atoms with Crippen LogP contribution < -0.4 is 5.32 Å². The lowest BCUT2D eigenvalue weighted by molar-refractivity contribution is -0.155. The molecule has 2 aliphatic carbocycles. The van der Waals surface area contributed by atoms with Crippen LogP contribution in [0.1, 0.15) is 56.8 Å². The van der Waals surface area contributed by atoms with Crippen LogP contribution in [0, 0.1) is 41.1 Å². The Kier molecular flexibility index (Phi) is 8.15. The van der Waals surface area contributed by atoms with Gasteiger partial charge in [-0.15, -0.1) is 0 Å². The summed E-state index contributed by atoms with van der Waals surface area (Å²) < 4.78 is 68.3. The number of likely N-dealkylation sites (tertiary alicyclic amines) is 1. The molecular formula is C30H34ClF3N2O6S. The Bertz CT molecular complexity index is 1550. The number of halogens is 4. The van der Waals surface area contributed by atoms with E-state index in [1.807, 2.05) is 6.92 Å². The van der Waals surface area contributed by atoms with Crippen molar-refractivity contribution in [3.05, 3.63) is 58.4 Å². The van der Waals surface area contributed by atoms with E-state index < -0.39 is 61.5 Å². The molecule has 1 saturated heterocycles. The molecule has 3 fully saturated rings. The molecule has 2 aromatic rings. The average molecular weight is 643 g/mol. The van der Waals surface area contributed by atoms with Crippen molar-refractivity contribution >= 4 is 38.9 Å². The van der Waals surface area contributed by atoms with Crippen molar-refractivity contribution in [3.8, 4) is 0 Å². The number of aliphatic hydroxyl groups is 2. The van der Waals surface area contributed by atoms with Crippen molar-refractivity contribution < 1.29 is 41.4 Å². The molecule has 0 spiro atoms. The summed E-state index contributed by atoms with van der Waals surface area (Å²) in [5.74, 6) is -6.81. The van der Waals surface area contributed by atoms with Gasteiger partial charge in [-0.25, -0.2) is 21.6 Å². The highest BCUT2D eigenvalue weighted by Crippen LogP contribution is 2.56. The molecule has 234 valence electrons. The quantitative estimate of drug-likeness (QED) is 0.380. The van der Waals surface area contributed by atoms with Crippen LogP contribution in [-0.2, 0) is 14.6 Å². The molecule has 0 aromatic heterocycles. The fraction of sp³-hybridized carbons (Fsp3) is 0.533. The van der Waals surface area contributed by atoms with E-state index >= 15 is 0 Å². The number of anilines is 1. The molecule has 13 heteroatoms. The largest absolute Gasteiger partial charge is 0.390 e. The van der Waals surface area contributed by atoms with Gasteiger partial charge in [0.05, 0.1) is 32.8 Å². The monoisotopic (exact) mass is 642 g/mol. The van der Waals surface area contributed by atoms with Crippen LogP contribution in [0.5, 0.6) is 0 Å². The molecule has 43 heavy (non-hydrogen) atoms. The minimum Gasteiger partial charge on any atom is -0.390 e. The van der Waals surface area contributed by atoms with Crippen LogP contribution in [0.3, 0.4) is 0 Å². The van der Waals surface area contributed by atoms with Crippen LogP contribution in [0.2, 0.25) is 5.02 Å². The molecular weight excluding hydrogens is 609 g/mol. The molecule has 8 nitrogen and oxygen atoms in total. The molecule has 3 aliphatic rings. The highest BCUT2D eigenvalue weighted by molar-refractivity contribution is 7.92. The predicted molar refractivity (Wildman–Crippen MR) is 153 cm³/mol. The Morgan fingerprint density at radius 3 is 2.30 bits per heavy atom. The van der Waals surface area contributed by atoms with Crippen molar-refractivity contribution in [3.63, 3.8) is 0 Å². The molecule has 1 heterocycles. The van der Waals surface area contributed by atoms with Crippen LogP contribution in [-0.4, -0.2) is 64.9 Å². The van der Waals surface area contributed by atoms with Crippen molar-refractivity contribution in [2.45, 2.75) is 67.8 Å². The van der Waals surface area contributed by atoms with Gasteiger partial charge in [0.1, 0.15) is 0 Å². The number of sulfone groups is 1. The summed E-state index contributed by atoms with van der Waals surface area (Å²) in [5, 5.41) is 23.1. The van der Waals surface area contributed by atoms with E-state index in [4.69, 9.17) is 11.6 Å². The number of carbonyl (C=O) groups is 2. The molecule has 1 aliphatic heterocycles. The second-order valence-electron chi connectivity index (χ2n) is 12.8. The van der Waals surface area contributed by atoms with Crippen molar-refractivity contribution in [2.75, 3.05) is 18.4 Å². The Balaban J connectivity index is 1.32. The van der Waals surface area contributed by atoms with E-state index in [-0.39, 0.29) is 58.2 Å². The molecule has 2 bridgehead atoms. The first-order valence-electron chi connectivity index (χ1n) is 14.1. The maximum Gasteiger partial charge on any atom is 0.255 e. The van der Waals surface area contributed by atoms with E-state index in [0.717, 1.165) is 6.07 Å². The van der Waals surface area contributed by atoms with Gasteiger partial charge in [0, 0.05) is 42.4 Å². The van der Waals surface area contributed by atoms with Gasteiger partial charge < -0.3 is 20.4 Å². The number of hydrogen-bond acceptors (Lipinski definition) is 6. The Morgan fingerprint density at radius 2 is 1.72 bits per heavy atom. The fourth-order valence-electron chi connectivity index (χ4n) is 6.93. The summed E-state index contributed by atoms with van der Waals surface area (Å²) in [7, 11) is -4.12. The number of rotatable bonds is 7. The third kappa shape index (κ3) is 5.79. The smallest absolute Gasteiger partial charge is 0.255 e. The minimum absolute atomic E-state index is 0.0346. The molecule has 1 unspecified atom stereocenters. The van der Waals surface area contributed by atoms with E-state index in [0.29, 0.717) is 31.6 Å². The van der Waals surface area contributed by atoms with Crippen LogP contribution in [0.15, 0.2) is 35.2 Å². The second-order valence-corrected chi connectivity index (χ2v) is 15.4. The van der Waals surface area contributed by atoms with Crippen LogP contribution >= 0.6 is 11.6 Å². The van der Waals surface area contributed by atoms with Crippen molar-refractivity contribution in [1.82, 2.24) is 4.90 Å². The zero-order chi connectivity index (χ0) is 31.6. The summed E-state index contributed by atoms with van der Waals surface area (Å²) >= 11 is 6.30. The first kappa shape index (κ1) is 31.7. The molecule has 2 saturated carbocycles. The van der Waals surface area contributed by atoms with Crippen LogP contribution in [0.4, 0.5) is 18.9 Å². The zero-order valence-corrected chi connectivity index (χ0v) is 25.5. The lowest BCUT2D eigenvalue weighted by Crippen LogP contribution is -2.59. The predicted octanol–water partition coefficient (Wildman–Crippen LogP) is 4.57. The summed E-state index contributed by atoms with van der Waals surface area (Å²) in [6, 6.07) is 4.77. The van der Waals surface area contributed by atoms with E-state index in [9.17, 15) is 41.4 Å². The molecule has 5 atom stereocenters. The third-order valence-electron chi connectivity index (χ3n) is 9.60. The summed E-state index contributed by atoms with van der Waals surface area (Å²) in [5.41, 5.74) is -2.79. The number of amides is 2. The molecule has 2 aromatic carbocycles. The van der Waals surface area contributed by atoms with Gasteiger partial charge in [0.15, 0.2) is 27.3 Å². The first-order chi connectivity index (χ1) is 19.9. The zero-order valence-electron chi connectivity index (χ0n) is 23.9. The number of nitrogens with zero attached hydrogens (tertiary/aromatic N) is 1. The molecule has 0 radical (unpaired) electrons. The SMILES string of the molecule is C[C@H]1CC2C[C@@H](S(=O)(=O)c3cc(C(=O)Nc4cc(F)c(F)c(F)c4)ccc3Cl)C[C@H]1[C@@]2(O)CC(=O)N1CC(C(C)(C)O)C1. The Morgan fingerprint density at radius 1 is 1.09 bits per heavy atom. The highest BCUT2D eigenvalue weighted by Gasteiger charge is 2.59. The van der Waals surface area contributed by atoms with Crippen molar-refractivity contribution in [1.29, 1.82) is 0 Å².